The summed E-state index contributed by atoms with van der Waals surface area (Å²) in [6.45, 7) is 0. The highest BCUT2D eigenvalue weighted by Gasteiger charge is 2.27. The number of benzene rings is 2. The number of halogens is 1. The van der Waals surface area contributed by atoms with Crippen LogP contribution in [-0.2, 0) is 17.6 Å². The Labute approximate surface area is 116 Å². The Morgan fingerprint density at radius 1 is 1.15 bits per heavy atom. The molecule has 0 unspecified atom stereocenters. The number of hydrogen-bond acceptors (Lipinski definition) is 2. The monoisotopic (exact) mass is 271 g/mol. The molecule has 0 saturated heterocycles. The Morgan fingerprint density at radius 2 is 1.80 bits per heavy atom. The van der Waals surface area contributed by atoms with Crippen LogP contribution in [-0.4, -0.2) is 11.0 Å². The molecule has 0 heterocycles. The number of carbonyl (C=O) groups excluding carboxylic acids is 1. The first kappa shape index (κ1) is 12.7. The fraction of sp³-hybridized carbons (Fsp3) is 0.188. The molecule has 0 radical (unpaired) electrons. The van der Waals surface area contributed by atoms with Gasteiger partial charge in [0.2, 0.25) is 5.91 Å². The topological polar surface area (TPSA) is 49.3 Å². The van der Waals surface area contributed by atoms with Crippen molar-refractivity contribution in [1.29, 1.82) is 0 Å². The van der Waals surface area contributed by atoms with E-state index in [1.54, 1.807) is 0 Å². The Hall–Kier alpha value is -2.36. The van der Waals surface area contributed by atoms with Crippen LogP contribution in [0.1, 0.15) is 11.1 Å². The van der Waals surface area contributed by atoms with Gasteiger partial charge in [0, 0.05) is 12.0 Å². The van der Waals surface area contributed by atoms with E-state index in [4.69, 9.17) is 5.11 Å². The molecular weight excluding hydrogens is 257 g/mol. The van der Waals surface area contributed by atoms with Crippen LogP contribution < -0.4 is 5.32 Å². The summed E-state index contributed by atoms with van der Waals surface area (Å²) >= 11 is 0. The summed E-state index contributed by atoms with van der Waals surface area (Å²) in [7, 11) is 0. The standard InChI is InChI=1S/C16H14FNO2/c17-14-9-13(19)5-6-15(14)18-16(20)12-7-10-3-1-2-4-11(10)8-12/h1-6,9,12,19H,7-8H2,(H,18,20). The number of amides is 1. The van der Waals surface area contributed by atoms with Crippen molar-refractivity contribution in [3.63, 3.8) is 0 Å². The lowest BCUT2D eigenvalue weighted by Crippen LogP contribution is -2.23. The van der Waals surface area contributed by atoms with Crippen LogP contribution in [0.25, 0.3) is 0 Å². The van der Waals surface area contributed by atoms with E-state index in [1.807, 2.05) is 24.3 Å². The highest BCUT2D eigenvalue weighted by atomic mass is 19.1. The largest absolute Gasteiger partial charge is 0.508 e. The molecule has 4 heteroatoms. The van der Waals surface area contributed by atoms with Gasteiger partial charge in [-0.2, -0.15) is 0 Å². The van der Waals surface area contributed by atoms with Crippen molar-refractivity contribution in [3.8, 4) is 5.75 Å². The first-order chi connectivity index (χ1) is 9.63. The van der Waals surface area contributed by atoms with Gasteiger partial charge in [-0.3, -0.25) is 4.79 Å². The SMILES string of the molecule is O=C(Nc1ccc(O)cc1F)C1Cc2ccccc2C1. The molecule has 0 saturated carbocycles. The molecule has 2 aromatic rings. The Bertz CT molecular complexity index is 644. The third kappa shape index (κ3) is 2.37. The Balaban J connectivity index is 1.72. The summed E-state index contributed by atoms with van der Waals surface area (Å²) in [6.07, 6.45) is 1.36. The summed E-state index contributed by atoms with van der Waals surface area (Å²) in [6, 6.07) is 11.6. The van der Waals surface area contributed by atoms with Gasteiger partial charge in [-0.05, 0) is 36.1 Å². The second kappa shape index (κ2) is 4.96. The van der Waals surface area contributed by atoms with Crippen molar-refractivity contribution in [2.45, 2.75) is 12.8 Å². The van der Waals surface area contributed by atoms with Crippen LogP contribution >= 0.6 is 0 Å². The quantitative estimate of drug-likeness (QED) is 0.825. The van der Waals surface area contributed by atoms with Crippen molar-refractivity contribution < 1.29 is 14.3 Å². The molecule has 102 valence electrons. The highest BCUT2D eigenvalue weighted by Crippen LogP contribution is 2.28. The van der Waals surface area contributed by atoms with Crippen LogP contribution in [0.2, 0.25) is 0 Å². The average Bonchev–Trinajstić information content (AvgIpc) is 2.86. The van der Waals surface area contributed by atoms with E-state index in [-0.39, 0.29) is 23.3 Å². The van der Waals surface area contributed by atoms with Crippen molar-refractivity contribution in [2.75, 3.05) is 5.32 Å². The Kier molecular flexibility index (Phi) is 3.14. The van der Waals surface area contributed by atoms with Gasteiger partial charge in [0.05, 0.1) is 5.69 Å². The normalized spacial score (nSPS) is 14.1. The zero-order valence-corrected chi connectivity index (χ0v) is 10.8. The van der Waals surface area contributed by atoms with Crippen LogP contribution in [0, 0.1) is 11.7 Å². The molecule has 20 heavy (non-hydrogen) atoms. The van der Waals surface area contributed by atoms with Crippen molar-refractivity contribution in [1.82, 2.24) is 0 Å². The smallest absolute Gasteiger partial charge is 0.228 e. The lowest BCUT2D eigenvalue weighted by atomic mass is 10.1. The van der Waals surface area contributed by atoms with E-state index in [0.29, 0.717) is 12.8 Å². The molecule has 3 rings (SSSR count). The molecule has 0 atom stereocenters. The second-order valence-electron chi connectivity index (χ2n) is 5.03. The van der Waals surface area contributed by atoms with Crippen molar-refractivity contribution in [3.05, 3.63) is 59.4 Å². The zero-order valence-electron chi connectivity index (χ0n) is 10.8. The molecule has 2 aromatic carbocycles. The van der Waals surface area contributed by atoms with E-state index in [9.17, 15) is 9.18 Å². The van der Waals surface area contributed by atoms with Gasteiger partial charge >= 0.3 is 0 Å². The number of anilines is 1. The van der Waals surface area contributed by atoms with Crippen molar-refractivity contribution in [2.24, 2.45) is 5.92 Å². The van der Waals surface area contributed by atoms with Crippen LogP contribution in [0.3, 0.4) is 0 Å². The molecule has 0 spiro atoms. The number of nitrogens with one attached hydrogen (secondary N) is 1. The van der Waals surface area contributed by atoms with E-state index in [1.165, 1.54) is 23.3 Å². The molecule has 3 nitrogen and oxygen atoms in total. The summed E-state index contributed by atoms with van der Waals surface area (Å²) < 4.78 is 13.6. The summed E-state index contributed by atoms with van der Waals surface area (Å²) in [5.74, 6) is -1.14. The van der Waals surface area contributed by atoms with Crippen LogP contribution in [0.15, 0.2) is 42.5 Å². The summed E-state index contributed by atoms with van der Waals surface area (Å²) in [5.41, 5.74) is 2.46. The van der Waals surface area contributed by atoms with E-state index in [0.717, 1.165) is 6.07 Å². The third-order valence-corrected chi connectivity index (χ3v) is 3.63. The fourth-order valence-electron chi connectivity index (χ4n) is 2.58. The van der Waals surface area contributed by atoms with E-state index in [2.05, 4.69) is 5.32 Å². The predicted molar refractivity (Wildman–Crippen MR) is 74.0 cm³/mol. The number of aromatic hydroxyl groups is 1. The molecule has 0 aromatic heterocycles. The molecule has 1 amide bonds. The van der Waals surface area contributed by atoms with Crippen LogP contribution in [0.5, 0.6) is 5.75 Å². The molecule has 1 aliphatic carbocycles. The first-order valence-corrected chi connectivity index (χ1v) is 6.49. The van der Waals surface area contributed by atoms with Gasteiger partial charge in [0.15, 0.2) is 0 Å². The molecule has 2 N–H and O–H groups in total. The lowest BCUT2D eigenvalue weighted by Gasteiger charge is -2.11. The minimum Gasteiger partial charge on any atom is -0.508 e. The van der Waals surface area contributed by atoms with Gasteiger partial charge in [-0.25, -0.2) is 4.39 Å². The Morgan fingerprint density at radius 3 is 2.40 bits per heavy atom. The lowest BCUT2D eigenvalue weighted by molar-refractivity contribution is -0.119. The number of phenols is 1. The highest BCUT2D eigenvalue weighted by molar-refractivity contribution is 5.93. The number of carbonyl (C=O) groups is 1. The van der Waals surface area contributed by atoms with Crippen molar-refractivity contribution >= 4 is 11.6 Å². The molecule has 0 fully saturated rings. The number of hydrogen-bond donors (Lipinski definition) is 2. The molecule has 0 bridgehead atoms. The number of phenolic OH excluding ortho intramolecular Hbond substituents is 1. The van der Waals surface area contributed by atoms with Crippen LogP contribution in [0.4, 0.5) is 10.1 Å². The van der Waals surface area contributed by atoms with Gasteiger partial charge in [-0.15, -0.1) is 0 Å². The first-order valence-electron chi connectivity index (χ1n) is 6.49. The number of rotatable bonds is 2. The molecule has 0 aliphatic heterocycles. The third-order valence-electron chi connectivity index (χ3n) is 3.63. The minimum absolute atomic E-state index is 0.101. The molecule has 1 aliphatic rings. The van der Waals surface area contributed by atoms with Gasteiger partial charge in [-0.1, -0.05) is 24.3 Å². The maximum Gasteiger partial charge on any atom is 0.228 e. The summed E-state index contributed by atoms with van der Waals surface area (Å²) in [5, 5.41) is 11.7. The predicted octanol–water partition coefficient (Wildman–Crippen LogP) is 2.88. The molecular formula is C16H14FNO2. The average molecular weight is 271 g/mol. The summed E-state index contributed by atoms with van der Waals surface area (Å²) in [4.78, 5) is 12.2. The number of fused-ring (bicyclic) bond motifs is 1. The van der Waals surface area contributed by atoms with E-state index >= 15 is 0 Å². The van der Waals surface area contributed by atoms with Gasteiger partial charge in [0.1, 0.15) is 11.6 Å². The fourth-order valence-corrected chi connectivity index (χ4v) is 2.58. The maximum atomic E-state index is 13.6. The zero-order chi connectivity index (χ0) is 14.1. The second-order valence-corrected chi connectivity index (χ2v) is 5.03. The maximum absolute atomic E-state index is 13.6. The van der Waals surface area contributed by atoms with Gasteiger partial charge in [0.25, 0.3) is 0 Å². The van der Waals surface area contributed by atoms with E-state index < -0.39 is 5.82 Å². The minimum atomic E-state index is -0.631. The van der Waals surface area contributed by atoms with Gasteiger partial charge < -0.3 is 10.4 Å².